The second-order valence-electron chi connectivity index (χ2n) is 5.65. The van der Waals surface area contributed by atoms with Gasteiger partial charge in [0.1, 0.15) is 5.75 Å². The predicted molar refractivity (Wildman–Crippen MR) is 83.7 cm³/mol. The van der Waals surface area contributed by atoms with Crippen LogP contribution in [0.25, 0.3) is 0 Å². The van der Waals surface area contributed by atoms with Crippen LogP contribution >= 0.6 is 0 Å². The number of ether oxygens (including phenoxy) is 2. The minimum Gasteiger partial charge on any atom is -0.492 e. The lowest BCUT2D eigenvalue weighted by molar-refractivity contribution is -0.0551. The Labute approximate surface area is 127 Å². The van der Waals surface area contributed by atoms with Crippen molar-refractivity contribution in [2.75, 3.05) is 33.4 Å². The molecule has 0 aromatic carbocycles. The van der Waals surface area contributed by atoms with E-state index in [4.69, 9.17) is 9.47 Å². The molecule has 0 spiro atoms. The van der Waals surface area contributed by atoms with Gasteiger partial charge in [0.05, 0.1) is 31.6 Å². The van der Waals surface area contributed by atoms with Crippen molar-refractivity contribution in [3.8, 4) is 5.75 Å². The van der Waals surface area contributed by atoms with Crippen LogP contribution < -0.4 is 10.1 Å². The fourth-order valence-electron chi connectivity index (χ4n) is 2.79. The van der Waals surface area contributed by atoms with Gasteiger partial charge in [-0.15, -0.1) is 0 Å². The van der Waals surface area contributed by atoms with E-state index in [0.717, 1.165) is 31.0 Å². The van der Waals surface area contributed by atoms with Gasteiger partial charge in [-0.05, 0) is 39.4 Å². The molecule has 2 heterocycles. The van der Waals surface area contributed by atoms with Gasteiger partial charge in [0, 0.05) is 25.3 Å². The second-order valence-corrected chi connectivity index (χ2v) is 5.65. The first-order valence-electron chi connectivity index (χ1n) is 7.76. The van der Waals surface area contributed by atoms with Crippen molar-refractivity contribution in [2.45, 2.75) is 39.0 Å². The zero-order valence-electron chi connectivity index (χ0n) is 13.5. The number of pyridine rings is 1. The molecule has 1 aromatic heterocycles. The van der Waals surface area contributed by atoms with Crippen LogP contribution in [0.3, 0.4) is 0 Å². The molecular weight excluding hydrogens is 266 g/mol. The molecule has 2 rings (SSSR count). The molecule has 0 saturated carbocycles. The van der Waals surface area contributed by atoms with Crippen molar-refractivity contribution < 1.29 is 9.47 Å². The highest BCUT2D eigenvalue weighted by Crippen LogP contribution is 2.25. The maximum atomic E-state index is 5.99. The van der Waals surface area contributed by atoms with Gasteiger partial charge in [-0.25, -0.2) is 0 Å². The standard InChI is InChI=1S/C16H27N3O2/c1-5-20-14-8-13(9-18-10-14)16(17-4)15-11-19(12(2)3)6-7-21-15/h8-10,12,15-17H,5-7,11H2,1-4H3. The highest BCUT2D eigenvalue weighted by Gasteiger charge is 2.29. The average molecular weight is 293 g/mol. The van der Waals surface area contributed by atoms with Crippen molar-refractivity contribution in [1.82, 2.24) is 15.2 Å². The van der Waals surface area contributed by atoms with E-state index in [2.05, 4.69) is 35.1 Å². The summed E-state index contributed by atoms with van der Waals surface area (Å²) in [5, 5.41) is 3.37. The van der Waals surface area contributed by atoms with Gasteiger partial charge in [0.25, 0.3) is 0 Å². The Hall–Kier alpha value is -1.17. The summed E-state index contributed by atoms with van der Waals surface area (Å²) in [5.41, 5.74) is 1.11. The van der Waals surface area contributed by atoms with Gasteiger partial charge in [-0.3, -0.25) is 9.88 Å². The zero-order chi connectivity index (χ0) is 15.2. The molecule has 0 bridgehead atoms. The number of nitrogens with zero attached hydrogens (tertiary/aromatic N) is 2. The van der Waals surface area contributed by atoms with Gasteiger partial charge in [0.15, 0.2) is 0 Å². The lowest BCUT2D eigenvalue weighted by Gasteiger charge is -2.39. The highest BCUT2D eigenvalue weighted by molar-refractivity contribution is 5.27. The van der Waals surface area contributed by atoms with Crippen LogP contribution in [0.15, 0.2) is 18.5 Å². The molecule has 1 aliphatic rings. The summed E-state index contributed by atoms with van der Waals surface area (Å²) in [6, 6.07) is 2.72. The molecule has 2 atom stereocenters. The van der Waals surface area contributed by atoms with Crippen molar-refractivity contribution in [1.29, 1.82) is 0 Å². The van der Waals surface area contributed by atoms with Gasteiger partial charge in [-0.1, -0.05) is 0 Å². The average Bonchev–Trinajstić information content (AvgIpc) is 2.49. The van der Waals surface area contributed by atoms with E-state index in [1.54, 1.807) is 6.20 Å². The lowest BCUT2D eigenvalue weighted by Crippen LogP contribution is -2.49. The van der Waals surface area contributed by atoms with E-state index >= 15 is 0 Å². The monoisotopic (exact) mass is 293 g/mol. The molecule has 1 N–H and O–H groups in total. The Bertz CT molecular complexity index is 439. The Kier molecular flexibility index (Phi) is 5.96. The fraction of sp³-hybridized carbons (Fsp3) is 0.688. The van der Waals surface area contributed by atoms with Crippen LogP contribution in [0.1, 0.15) is 32.4 Å². The summed E-state index contributed by atoms with van der Waals surface area (Å²) in [7, 11) is 1.97. The second kappa shape index (κ2) is 7.73. The molecule has 1 saturated heterocycles. The van der Waals surface area contributed by atoms with Crippen molar-refractivity contribution in [3.63, 3.8) is 0 Å². The SMILES string of the molecule is CCOc1cncc(C(NC)C2CN(C(C)C)CCO2)c1. The van der Waals surface area contributed by atoms with Crippen LogP contribution in [0, 0.1) is 0 Å². The molecule has 0 amide bonds. The van der Waals surface area contributed by atoms with Gasteiger partial charge < -0.3 is 14.8 Å². The first-order valence-corrected chi connectivity index (χ1v) is 7.76. The smallest absolute Gasteiger partial charge is 0.137 e. The Morgan fingerprint density at radius 3 is 2.95 bits per heavy atom. The number of aromatic nitrogens is 1. The zero-order valence-corrected chi connectivity index (χ0v) is 13.5. The molecule has 5 nitrogen and oxygen atoms in total. The topological polar surface area (TPSA) is 46.6 Å². The largest absolute Gasteiger partial charge is 0.492 e. The molecular formula is C16H27N3O2. The molecule has 0 radical (unpaired) electrons. The number of hydrogen-bond donors (Lipinski definition) is 1. The van der Waals surface area contributed by atoms with E-state index < -0.39 is 0 Å². The Balaban J connectivity index is 2.13. The summed E-state index contributed by atoms with van der Waals surface area (Å²) in [6.07, 6.45) is 3.77. The van der Waals surface area contributed by atoms with Crippen LogP contribution in [0.5, 0.6) is 5.75 Å². The van der Waals surface area contributed by atoms with E-state index in [-0.39, 0.29) is 12.1 Å². The third-order valence-corrected chi connectivity index (χ3v) is 3.94. The molecule has 21 heavy (non-hydrogen) atoms. The molecule has 2 unspecified atom stereocenters. The molecule has 5 heteroatoms. The van der Waals surface area contributed by atoms with Crippen molar-refractivity contribution in [2.24, 2.45) is 0 Å². The molecule has 1 aromatic rings. The van der Waals surface area contributed by atoms with Gasteiger partial charge in [-0.2, -0.15) is 0 Å². The maximum absolute atomic E-state index is 5.99. The number of likely N-dealkylation sites (N-methyl/N-ethyl adjacent to an activating group) is 1. The predicted octanol–water partition coefficient (Wildman–Crippen LogP) is 1.85. The van der Waals surface area contributed by atoms with Crippen LogP contribution in [-0.4, -0.2) is 55.4 Å². The summed E-state index contributed by atoms with van der Waals surface area (Å²) in [6.45, 7) is 9.80. The minimum absolute atomic E-state index is 0.124. The number of nitrogens with one attached hydrogen (secondary N) is 1. The first-order chi connectivity index (χ1) is 10.2. The normalized spacial score (nSPS) is 21.5. The highest BCUT2D eigenvalue weighted by atomic mass is 16.5. The number of hydrogen-bond acceptors (Lipinski definition) is 5. The quantitative estimate of drug-likeness (QED) is 0.867. The molecule has 0 aliphatic carbocycles. The first kappa shape index (κ1) is 16.2. The summed E-state index contributed by atoms with van der Waals surface area (Å²) in [5.74, 6) is 0.812. The summed E-state index contributed by atoms with van der Waals surface area (Å²) in [4.78, 5) is 6.74. The molecule has 118 valence electrons. The number of rotatable bonds is 6. The molecule has 1 fully saturated rings. The third-order valence-electron chi connectivity index (χ3n) is 3.94. The van der Waals surface area contributed by atoms with E-state index in [9.17, 15) is 0 Å². The molecule has 1 aliphatic heterocycles. The van der Waals surface area contributed by atoms with Crippen molar-refractivity contribution >= 4 is 0 Å². The Morgan fingerprint density at radius 2 is 2.29 bits per heavy atom. The number of morpholine rings is 1. The maximum Gasteiger partial charge on any atom is 0.137 e. The van der Waals surface area contributed by atoms with Crippen molar-refractivity contribution in [3.05, 3.63) is 24.0 Å². The van der Waals surface area contributed by atoms with Gasteiger partial charge in [0.2, 0.25) is 0 Å². The Morgan fingerprint density at radius 1 is 1.48 bits per heavy atom. The van der Waals surface area contributed by atoms with E-state index in [1.807, 2.05) is 20.2 Å². The summed E-state index contributed by atoms with van der Waals surface area (Å²) >= 11 is 0. The van der Waals surface area contributed by atoms with Crippen LogP contribution in [0.4, 0.5) is 0 Å². The van der Waals surface area contributed by atoms with E-state index in [1.165, 1.54) is 0 Å². The fourth-order valence-corrected chi connectivity index (χ4v) is 2.79. The minimum atomic E-state index is 0.124. The van der Waals surface area contributed by atoms with Gasteiger partial charge >= 0.3 is 0 Å². The van der Waals surface area contributed by atoms with E-state index in [0.29, 0.717) is 12.6 Å². The third kappa shape index (κ3) is 4.15. The van der Waals surface area contributed by atoms with Crippen LogP contribution in [0.2, 0.25) is 0 Å². The van der Waals surface area contributed by atoms with Crippen LogP contribution in [-0.2, 0) is 4.74 Å². The summed E-state index contributed by atoms with van der Waals surface area (Å²) < 4.78 is 11.5. The lowest BCUT2D eigenvalue weighted by atomic mass is 10.0.